The van der Waals surface area contributed by atoms with Gasteiger partial charge in [0.2, 0.25) is 5.91 Å². The van der Waals surface area contributed by atoms with E-state index in [-0.39, 0.29) is 12.5 Å². The van der Waals surface area contributed by atoms with Crippen LogP contribution in [0.2, 0.25) is 0 Å². The highest BCUT2D eigenvalue weighted by atomic mass is 32.1. The van der Waals surface area contributed by atoms with Gasteiger partial charge in [-0.25, -0.2) is 4.98 Å². The van der Waals surface area contributed by atoms with Crippen molar-refractivity contribution in [3.05, 3.63) is 54.1 Å². The van der Waals surface area contributed by atoms with Crippen LogP contribution in [0, 0.1) is 0 Å². The summed E-state index contributed by atoms with van der Waals surface area (Å²) in [5.41, 5.74) is 2.13. The molecule has 0 spiro atoms. The molecule has 3 rings (SSSR count). The van der Waals surface area contributed by atoms with Crippen LogP contribution in [0.1, 0.15) is 12.0 Å². The first-order valence-electron chi connectivity index (χ1n) is 8.62. The van der Waals surface area contributed by atoms with E-state index in [0.29, 0.717) is 6.54 Å². The van der Waals surface area contributed by atoms with Gasteiger partial charge >= 0.3 is 0 Å². The number of hydrogen-bond acceptors (Lipinski definition) is 5. The SMILES string of the molecule is COc1cccc2sc(N(C)CC(=O)NCCCc3ccccc3)nc12. The first-order chi connectivity index (χ1) is 12.7. The van der Waals surface area contributed by atoms with E-state index in [1.807, 2.05) is 48.3 Å². The molecule has 0 aliphatic heterocycles. The topological polar surface area (TPSA) is 54.5 Å². The Hall–Kier alpha value is -2.60. The monoisotopic (exact) mass is 369 g/mol. The second kappa shape index (κ2) is 8.67. The summed E-state index contributed by atoms with van der Waals surface area (Å²) < 4.78 is 6.40. The summed E-state index contributed by atoms with van der Waals surface area (Å²) in [5, 5.41) is 3.79. The molecule has 5 nitrogen and oxygen atoms in total. The maximum atomic E-state index is 12.2. The van der Waals surface area contributed by atoms with Gasteiger partial charge in [0.1, 0.15) is 11.3 Å². The van der Waals surface area contributed by atoms with Crippen LogP contribution < -0.4 is 15.0 Å². The molecular weight excluding hydrogens is 346 g/mol. The lowest BCUT2D eigenvalue weighted by Gasteiger charge is -2.15. The number of nitrogens with one attached hydrogen (secondary N) is 1. The summed E-state index contributed by atoms with van der Waals surface area (Å²) in [6.45, 7) is 0.961. The van der Waals surface area contributed by atoms with E-state index in [1.165, 1.54) is 5.56 Å². The van der Waals surface area contributed by atoms with E-state index in [2.05, 4.69) is 22.4 Å². The zero-order valence-corrected chi connectivity index (χ0v) is 15.9. The lowest BCUT2D eigenvalue weighted by molar-refractivity contribution is -0.119. The van der Waals surface area contributed by atoms with Crippen molar-refractivity contribution in [2.75, 3.05) is 32.1 Å². The number of carbonyl (C=O) groups is 1. The Labute approximate surface area is 157 Å². The molecular formula is C20H23N3O2S. The predicted octanol–water partition coefficient (Wildman–Crippen LogP) is 3.49. The van der Waals surface area contributed by atoms with Gasteiger partial charge in [0.05, 0.1) is 18.4 Å². The molecule has 0 saturated heterocycles. The Morgan fingerprint density at radius 2 is 2.00 bits per heavy atom. The molecule has 0 saturated carbocycles. The average Bonchev–Trinajstić information content (AvgIpc) is 3.10. The van der Waals surface area contributed by atoms with Crippen LogP contribution in [0.3, 0.4) is 0 Å². The van der Waals surface area contributed by atoms with Crippen LogP contribution in [0.4, 0.5) is 5.13 Å². The minimum absolute atomic E-state index is 0.00628. The number of ether oxygens (including phenoxy) is 1. The third-order valence-electron chi connectivity index (χ3n) is 4.11. The molecule has 0 fully saturated rings. The number of carbonyl (C=O) groups excluding carboxylic acids is 1. The van der Waals surface area contributed by atoms with Gasteiger partial charge < -0.3 is 15.0 Å². The maximum Gasteiger partial charge on any atom is 0.239 e. The molecule has 2 aromatic carbocycles. The maximum absolute atomic E-state index is 12.2. The van der Waals surface area contributed by atoms with E-state index < -0.39 is 0 Å². The highest BCUT2D eigenvalue weighted by Crippen LogP contribution is 2.33. The van der Waals surface area contributed by atoms with Gasteiger partial charge in [-0.3, -0.25) is 4.79 Å². The molecule has 0 aliphatic carbocycles. The largest absolute Gasteiger partial charge is 0.494 e. The fourth-order valence-electron chi connectivity index (χ4n) is 2.74. The first-order valence-corrected chi connectivity index (χ1v) is 9.44. The number of hydrogen-bond donors (Lipinski definition) is 1. The number of likely N-dealkylation sites (N-methyl/N-ethyl adjacent to an activating group) is 1. The van der Waals surface area contributed by atoms with Gasteiger partial charge in [-0.05, 0) is 30.5 Å². The predicted molar refractivity (Wildman–Crippen MR) is 107 cm³/mol. The molecule has 1 N–H and O–H groups in total. The van der Waals surface area contributed by atoms with E-state index in [1.54, 1.807) is 18.4 Å². The van der Waals surface area contributed by atoms with E-state index in [0.717, 1.165) is 33.9 Å². The first kappa shape index (κ1) is 18.2. The minimum Gasteiger partial charge on any atom is -0.494 e. The smallest absolute Gasteiger partial charge is 0.239 e. The highest BCUT2D eigenvalue weighted by molar-refractivity contribution is 7.22. The minimum atomic E-state index is 0.00628. The highest BCUT2D eigenvalue weighted by Gasteiger charge is 2.14. The zero-order chi connectivity index (χ0) is 18.4. The Morgan fingerprint density at radius 3 is 2.77 bits per heavy atom. The van der Waals surface area contributed by atoms with Crippen molar-refractivity contribution in [3.8, 4) is 5.75 Å². The average molecular weight is 369 g/mol. The van der Waals surface area contributed by atoms with Gasteiger partial charge in [0, 0.05) is 13.6 Å². The second-order valence-corrected chi connectivity index (χ2v) is 7.11. The van der Waals surface area contributed by atoms with Crippen molar-refractivity contribution >= 4 is 32.6 Å². The van der Waals surface area contributed by atoms with Crippen molar-refractivity contribution in [2.45, 2.75) is 12.8 Å². The number of aromatic nitrogens is 1. The van der Waals surface area contributed by atoms with Crippen molar-refractivity contribution in [2.24, 2.45) is 0 Å². The summed E-state index contributed by atoms with van der Waals surface area (Å²) in [6.07, 6.45) is 1.90. The molecule has 26 heavy (non-hydrogen) atoms. The van der Waals surface area contributed by atoms with Crippen molar-refractivity contribution in [1.82, 2.24) is 10.3 Å². The number of fused-ring (bicyclic) bond motifs is 1. The third kappa shape index (κ3) is 4.52. The van der Waals surface area contributed by atoms with E-state index in [9.17, 15) is 4.79 Å². The number of rotatable bonds is 8. The molecule has 1 aromatic heterocycles. The number of methoxy groups -OCH3 is 1. The molecule has 0 radical (unpaired) electrons. The molecule has 3 aromatic rings. The molecule has 0 atom stereocenters. The van der Waals surface area contributed by atoms with Crippen LogP contribution in [0.25, 0.3) is 10.2 Å². The van der Waals surface area contributed by atoms with Crippen molar-refractivity contribution in [3.63, 3.8) is 0 Å². The lowest BCUT2D eigenvalue weighted by Crippen LogP contribution is -2.35. The number of benzene rings is 2. The molecule has 1 heterocycles. The van der Waals surface area contributed by atoms with Crippen LogP contribution >= 0.6 is 11.3 Å². The number of para-hydroxylation sites is 1. The summed E-state index contributed by atoms with van der Waals surface area (Å²) >= 11 is 1.56. The van der Waals surface area contributed by atoms with Crippen molar-refractivity contribution in [1.29, 1.82) is 0 Å². The van der Waals surface area contributed by atoms with Gasteiger partial charge in [-0.2, -0.15) is 0 Å². The Balaban J connectivity index is 1.49. The van der Waals surface area contributed by atoms with Gasteiger partial charge in [0.15, 0.2) is 5.13 Å². The summed E-state index contributed by atoms with van der Waals surface area (Å²) in [4.78, 5) is 18.7. The lowest BCUT2D eigenvalue weighted by atomic mass is 10.1. The molecule has 0 aliphatic rings. The van der Waals surface area contributed by atoms with Crippen LogP contribution in [0.5, 0.6) is 5.75 Å². The third-order valence-corrected chi connectivity index (χ3v) is 5.24. The fraction of sp³-hybridized carbons (Fsp3) is 0.300. The van der Waals surface area contributed by atoms with Gasteiger partial charge in [-0.1, -0.05) is 47.7 Å². The van der Waals surface area contributed by atoms with E-state index in [4.69, 9.17) is 4.74 Å². The Kier molecular flexibility index (Phi) is 6.07. The number of amides is 1. The molecule has 0 unspecified atom stereocenters. The molecule has 0 bridgehead atoms. The standard InChI is InChI=1S/C20H23N3O2S/c1-23(20-22-19-16(25-2)11-6-12-17(19)26-20)14-18(24)21-13-7-10-15-8-4-3-5-9-15/h3-6,8-9,11-12H,7,10,13-14H2,1-2H3,(H,21,24). The number of nitrogens with zero attached hydrogens (tertiary/aromatic N) is 2. The van der Waals surface area contributed by atoms with E-state index >= 15 is 0 Å². The Morgan fingerprint density at radius 1 is 1.19 bits per heavy atom. The van der Waals surface area contributed by atoms with Crippen molar-refractivity contribution < 1.29 is 9.53 Å². The Bertz CT molecular complexity index is 864. The summed E-state index contributed by atoms with van der Waals surface area (Å²) in [5.74, 6) is 0.760. The molecule has 1 amide bonds. The summed E-state index contributed by atoms with van der Waals surface area (Å²) in [7, 11) is 3.52. The fourth-order valence-corrected chi connectivity index (χ4v) is 3.69. The van der Waals surface area contributed by atoms with Crippen LogP contribution in [-0.4, -0.2) is 38.1 Å². The second-order valence-electron chi connectivity index (χ2n) is 6.10. The van der Waals surface area contributed by atoms with Gasteiger partial charge in [-0.15, -0.1) is 0 Å². The zero-order valence-electron chi connectivity index (χ0n) is 15.1. The normalized spacial score (nSPS) is 10.7. The number of anilines is 1. The summed E-state index contributed by atoms with van der Waals surface area (Å²) in [6, 6.07) is 16.2. The molecule has 136 valence electrons. The number of aryl methyl sites for hydroxylation is 1. The van der Waals surface area contributed by atoms with Crippen LogP contribution in [0.15, 0.2) is 48.5 Å². The van der Waals surface area contributed by atoms with Gasteiger partial charge in [0.25, 0.3) is 0 Å². The molecule has 6 heteroatoms. The van der Waals surface area contributed by atoms with Crippen LogP contribution in [-0.2, 0) is 11.2 Å². The number of thiazole rings is 1. The quantitative estimate of drug-likeness (QED) is 0.618.